The Morgan fingerprint density at radius 3 is 3.00 bits per heavy atom. The van der Waals surface area contributed by atoms with E-state index in [1.165, 1.54) is 12.1 Å². The van der Waals surface area contributed by atoms with Crippen LogP contribution < -0.4 is 0 Å². The van der Waals surface area contributed by atoms with E-state index < -0.39 is 0 Å². The molecule has 0 radical (unpaired) electrons. The van der Waals surface area contributed by atoms with Crippen LogP contribution in [0.4, 0.5) is 4.39 Å². The maximum absolute atomic E-state index is 12.8. The second-order valence-electron chi connectivity index (χ2n) is 2.62. The number of hydrogen-bond acceptors (Lipinski definition) is 2. The summed E-state index contributed by atoms with van der Waals surface area (Å²) in [7, 11) is 0. The molecule has 0 spiro atoms. The Morgan fingerprint density at radius 2 is 2.23 bits per heavy atom. The van der Waals surface area contributed by atoms with Gasteiger partial charge in [-0.3, -0.25) is 0 Å². The van der Waals surface area contributed by atoms with E-state index in [1.54, 1.807) is 12.3 Å². The summed E-state index contributed by atoms with van der Waals surface area (Å²) in [6.45, 7) is 0. The van der Waals surface area contributed by atoms with Crippen molar-refractivity contribution in [1.82, 2.24) is 9.97 Å². The first-order valence-corrected chi connectivity index (χ1v) is 4.30. The fraction of sp³-hybridized carbons (Fsp3) is 0.111. The highest BCUT2D eigenvalue weighted by Crippen LogP contribution is 2.12. The molecular formula is C9H6ClFN2. The van der Waals surface area contributed by atoms with Gasteiger partial charge >= 0.3 is 0 Å². The standard InChI is InChI=1S/C9H6ClFN2/c10-4-9-12-5-6-1-2-7(11)3-8(6)13-9/h1-3,5H,4H2. The van der Waals surface area contributed by atoms with Crippen molar-refractivity contribution in [2.45, 2.75) is 5.88 Å². The third kappa shape index (κ3) is 1.60. The molecule has 0 fully saturated rings. The lowest BCUT2D eigenvalue weighted by Gasteiger charge is -1.98. The SMILES string of the molecule is Fc1ccc2cnc(CCl)nc2c1. The Bertz CT molecular complexity index is 445. The van der Waals surface area contributed by atoms with Crippen molar-refractivity contribution in [3.05, 3.63) is 36.0 Å². The topological polar surface area (TPSA) is 25.8 Å². The average Bonchev–Trinajstić information content (AvgIpc) is 2.16. The number of halogens is 2. The average molecular weight is 197 g/mol. The van der Waals surface area contributed by atoms with Crippen LogP contribution in [-0.4, -0.2) is 9.97 Å². The maximum Gasteiger partial charge on any atom is 0.143 e. The fourth-order valence-corrected chi connectivity index (χ4v) is 1.23. The van der Waals surface area contributed by atoms with Crippen LogP contribution in [0.1, 0.15) is 5.82 Å². The highest BCUT2D eigenvalue weighted by Gasteiger charge is 1.99. The smallest absolute Gasteiger partial charge is 0.143 e. The number of alkyl halides is 1. The van der Waals surface area contributed by atoms with Crippen molar-refractivity contribution in [1.29, 1.82) is 0 Å². The first-order valence-electron chi connectivity index (χ1n) is 3.77. The van der Waals surface area contributed by atoms with Crippen molar-refractivity contribution in [2.24, 2.45) is 0 Å². The van der Waals surface area contributed by atoms with Crippen LogP contribution in [-0.2, 0) is 5.88 Å². The largest absolute Gasteiger partial charge is 0.239 e. The summed E-state index contributed by atoms with van der Waals surface area (Å²) in [6.07, 6.45) is 1.64. The quantitative estimate of drug-likeness (QED) is 0.655. The first kappa shape index (κ1) is 8.38. The lowest BCUT2D eigenvalue weighted by Crippen LogP contribution is -1.91. The minimum Gasteiger partial charge on any atom is -0.239 e. The lowest BCUT2D eigenvalue weighted by atomic mass is 10.2. The Hall–Kier alpha value is -1.22. The Kier molecular flexibility index (Phi) is 2.10. The van der Waals surface area contributed by atoms with Crippen molar-refractivity contribution in [3.8, 4) is 0 Å². The molecule has 2 nitrogen and oxygen atoms in total. The molecule has 0 atom stereocenters. The number of fused-ring (bicyclic) bond motifs is 1. The predicted molar refractivity (Wildman–Crippen MR) is 49.1 cm³/mol. The predicted octanol–water partition coefficient (Wildman–Crippen LogP) is 2.51. The highest BCUT2D eigenvalue weighted by atomic mass is 35.5. The molecule has 0 unspecified atom stereocenters. The second-order valence-corrected chi connectivity index (χ2v) is 2.89. The van der Waals surface area contributed by atoms with Gasteiger partial charge in [-0.15, -0.1) is 11.6 Å². The maximum atomic E-state index is 12.8. The van der Waals surface area contributed by atoms with Crippen LogP contribution in [0.5, 0.6) is 0 Å². The fourth-order valence-electron chi connectivity index (χ4n) is 1.10. The molecule has 2 aromatic rings. The van der Waals surface area contributed by atoms with E-state index in [9.17, 15) is 4.39 Å². The zero-order chi connectivity index (χ0) is 9.26. The summed E-state index contributed by atoms with van der Waals surface area (Å²) >= 11 is 5.55. The molecule has 4 heteroatoms. The third-order valence-electron chi connectivity index (χ3n) is 1.71. The van der Waals surface area contributed by atoms with Gasteiger partial charge in [-0.2, -0.15) is 0 Å². The molecule has 0 aliphatic rings. The van der Waals surface area contributed by atoms with E-state index in [4.69, 9.17) is 11.6 Å². The molecule has 66 valence electrons. The highest BCUT2D eigenvalue weighted by molar-refractivity contribution is 6.16. The zero-order valence-electron chi connectivity index (χ0n) is 6.67. The third-order valence-corrected chi connectivity index (χ3v) is 1.95. The molecule has 0 saturated heterocycles. The summed E-state index contributed by atoms with van der Waals surface area (Å²) in [5.74, 6) is 0.457. The molecule has 0 aliphatic heterocycles. The van der Waals surface area contributed by atoms with Crippen LogP contribution in [0.15, 0.2) is 24.4 Å². The normalized spacial score (nSPS) is 10.6. The van der Waals surface area contributed by atoms with Gasteiger partial charge in [-0.05, 0) is 12.1 Å². The van der Waals surface area contributed by atoms with Crippen LogP contribution >= 0.6 is 11.6 Å². The van der Waals surface area contributed by atoms with Crippen LogP contribution in [0.25, 0.3) is 10.9 Å². The van der Waals surface area contributed by atoms with E-state index in [0.29, 0.717) is 11.3 Å². The molecule has 1 heterocycles. The first-order chi connectivity index (χ1) is 6.29. The summed E-state index contributed by atoms with van der Waals surface area (Å²) < 4.78 is 12.8. The van der Waals surface area contributed by atoms with Gasteiger partial charge in [0.1, 0.15) is 11.6 Å². The van der Waals surface area contributed by atoms with Gasteiger partial charge in [0.05, 0.1) is 11.4 Å². The molecule has 0 saturated carbocycles. The molecule has 0 aliphatic carbocycles. The van der Waals surface area contributed by atoms with E-state index in [-0.39, 0.29) is 11.7 Å². The van der Waals surface area contributed by atoms with Gasteiger partial charge in [0.2, 0.25) is 0 Å². The monoisotopic (exact) mass is 196 g/mol. The molecule has 1 aromatic carbocycles. The van der Waals surface area contributed by atoms with Crippen molar-refractivity contribution in [2.75, 3.05) is 0 Å². The molecular weight excluding hydrogens is 191 g/mol. The lowest BCUT2D eigenvalue weighted by molar-refractivity contribution is 0.629. The second kappa shape index (κ2) is 3.26. The van der Waals surface area contributed by atoms with Gasteiger partial charge in [0.25, 0.3) is 0 Å². The summed E-state index contributed by atoms with van der Waals surface area (Å²) in [4.78, 5) is 8.06. The molecule has 2 rings (SSSR count). The minimum absolute atomic E-state index is 0.243. The number of benzene rings is 1. The van der Waals surface area contributed by atoms with Gasteiger partial charge in [0.15, 0.2) is 0 Å². The zero-order valence-corrected chi connectivity index (χ0v) is 7.42. The van der Waals surface area contributed by atoms with E-state index in [1.807, 2.05) is 0 Å². The van der Waals surface area contributed by atoms with E-state index in [2.05, 4.69) is 9.97 Å². The Morgan fingerprint density at radius 1 is 1.38 bits per heavy atom. The summed E-state index contributed by atoms with van der Waals surface area (Å²) in [5.41, 5.74) is 0.589. The van der Waals surface area contributed by atoms with Gasteiger partial charge in [-0.1, -0.05) is 0 Å². The van der Waals surface area contributed by atoms with Gasteiger partial charge in [-0.25, -0.2) is 14.4 Å². The molecule has 0 amide bonds. The number of hydrogen-bond donors (Lipinski definition) is 0. The van der Waals surface area contributed by atoms with Crippen molar-refractivity contribution in [3.63, 3.8) is 0 Å². The molecule has 0 bridgehead atoms. The van der Waals surface area contributed by atoms with Gasteiger partial charge < -0.3 is 0 Å². The number of nitrogens with zero attached hydrogens (tertiary/aromatic N) is 2. The van der Waals surface area contributed by atoms with E-state index >= 15 is 0 Å². The minimum atomic E-state index is -0.299. The summed E-state index contributed by atoms with van der Waals surface area (Å²) in [6, 6.07) is 4.39. The van der Waals surface area contributed by atoms with Gasteiger partial charge in [0, 0.05) is 17.6 Å². The molecule has 0 N–H and O–H groups in total. The van der Waals surface area contributed by atoms with E-state index in [0.717, 1.165) is 5.39 Å². The van der Waals surface area contributed by atoms with Crippen LogP contribution in [0.2, 0.25) is 0 Å². The van der Waals surface area contributed by atoms with Crippen LogP contribution in [0.3, 0.4) is 0 Å². The molecule has 1 aromatic heterocycles. The Balaban J connectivity index is 2.68. The van der Waals surface area contributed by atoms with Crippen molar-refractivity contribution >= 4 is 22.5 Å². The molecule has 13 heavy (non-hydrogen) atoms. The van der Waals surface area contributed by atoms with Crippen LogP contribution in [0, 0.1) is 5.82 Å². The van der Waals surface area contributed by atoms with Crippen molar-refractivity contribution < 1.29 is 4.39 Å². The number of rotatable bonds is 1. The number of aromatic nitrogens is 2. The summed E-state index contributed by atoms with van der Waals surface area (Å²) in [5, 5.41) is 0.815. The Labute approximate surface area is 79.4 Å².